The molecule has 0 aliphatic carbocycles. The summed E-state index contributed by atoms with van der Waals surface area (Å²) in [4.78, 5) is 114. The van der Waals surface area contributed by atoms with Crippen LogP contribution in [-0.4, -0.2) is 191 Å². The quantitative estimate of drug-likeness (QED) is 0.0244. The number of aliphatic hydroxyl groups excluding tert-OH is 1. The van der Waals surface area contributed by atoms with E-state index in [0.29, 0.717) is 43.2 Å². The lowest BCUT2D eigenvalue weighted by molar-refractivity contribution is -0.149. The molecule has 1 fully saturated rings. The standard InChI is InChI=1S/C57H88N8O16S/c1-10-38(5)52(63-54(72)45-14-12-22-64(45)8)56(73)65(9)46(37(3)4)35-48(80-40(7)67)55-62-44(36-82-55)53(71)60-42(32-39(6)57(74)79-11-2)33-41-16-17-47(43(34-41)61-50(69)18-24-75-28-30-77-26-20-58)81-51(70)19-25-76-29-31-78-27-21-59-49(68)15-13-23-66/h16-17,34,36-39,42,45-46,48,52,66H,10-12,14,18-33,35,58H2,1-9H3,(H,59,68)(H,60,71)(H,61,69)(H,63,72)/t38-,39?,42?,45?,46?,48?,52+/m0/s1. The number of aliphatic hydroxyl groups is 1. The van der Waals surface area contributed by atoms with Crippen LogP contribution in [0, 0.1) is 29.6 Å². The Labute approximate surface area is 486 Å². The van der Waals surface area contributed by atoms with Crippen molar-refractivity contribution in [2.45, 2.75) is 130 Å². The van der Waals surface area contributed by atoms with E-state index >= 15 is 0 Å². The van der Waals surface area contributed by atoms with E-state index in [0.717, 1.165) is 24.3 Å². The van der Waals surface area contributed by atoms with Crippen LogP contribution in [-0.2, 0) is 68.4 Å². The Morgan fingerprint density at radius 2 is 1.60 bits per heavy atom. The number of nitrogens with two attached hydrogens (primary N) is 1. The number of rotatable bonds is 38. The zero-order valence-corrected chi connectivity index (χ0v) is 50.0. The first-order valence-electron chi connectivity index (χ1n) is 28.1. The number of anilines is 1. The molecule has 1 aliphatic heterocycles. The average molecular weight is 1170 g/mol. The third kappa shape index (κ3) is 25.6. The summed E-state index contributed by atoms with van der Waals surface area (Å²) in [5.74, 6) is -0.250. The van der Waals surface area contributed by atoms with Crippen molar-refractivity contribution in [2.75, 3.05) is 105 Å². The molecule has 5 amide bonds. The maximum atomic E-state index is 14.4. The number of likely N-dealkylation sites (tertiary alicyclic amines) is 1. The molecule has 0 saturated carbocycles. The monoisotopic (exact) mass is 1170 g/mol. The van der Waals surface area contributed by atoms with E-state index in [2.05, 4.69) is 38.1 Å². The number of esters is 3. The molecular weight excluding hydrogens is 1080 g/mol. The summed E-state index contributed by atoms with van der Waals surface area (Å²) in [6.07, 6.45) is 1.46. The second kappa shape index (κ2) is 38.6. The molecule has 24 nitrogen and oxygen atoms in total. The van der Waals surface area contributed by atoms with Gasteiger partial charge in [0.05, 0.1) is 90.0 Å². The van der Waals surface area contributed by atoms with Crippen molar-refractivity contribution in [3.63, 3.8) is 0 Å². The van der Waals surface area contributed by atoms with Gasteiger partial charge in [-0.2, -0.15) is 0 Å². The van der Waals surface area contributed by atoms with Gasteiger partial charge >= 0.3 is 17.9 Å². The fraction of sp³-hybridized carbons (Fsp3) is 0.667. The van der Waals surface area contributed by atoms with Gasteiger partial charge < -0.3 is 70.2 Å². The highest BCUT2D eigenvalue weighted by molar-refractivity contribution is 7.09. The van der Waals surface area contributed by atoms with E-state index < -0.39 is 72.4 Å². The van der Waals surface area contributed by atoms with Crippen LogP contribution >= 0.6 is 11.3 Å². The van der Waals surface area contributed by atoms with Crippen molar-refractivity contribution in [1.29, 1.82) is 0 Å². The van der Waals surface area contributed by atoms with Crippen LogP contribution in [0.3, 0.4) is 0 Å². The third-order valence-electron chi connectivity index (χ3n) is 13.4. The molecule has 2 heterocycles. The number of thiazole rings is 1. The van der Waals surface area contributed by atoms with Crippen LogP contribution in [0.2, 0.25) is 0 Å². The van der Waals surface area contributed by atoms with Gasteiger partial charge in [-0.3, -0.25) is 43.3 Å². The summed E-state index contributed by atoms with van der Waals surface area (Å²) in [6.45, 7) is 15.0. The van der Waals surface area contributed by atoms with Gasteiger partial charge in [-0.05, 0) is 81.7 Å². The number of benzene rings is 1. The summed E-state index contributed by atoms with van der Waals surface area (Å²) in [6, 6.07) is 2.46. The molecule has 0 spiro atoms. The summed E-state index contributed by atoms with van der Waals surface area (Å²) in [7, 11) is 3.58. The van der Waals surface area contributed by atoms with Crippen LogP contribution in [0.25, 0.3) is 0 Å². The smallest absolute Gasteiger partial charge is 0.313 e. The minimum Gasteiger partial charge on any atom is -0.466 e. The Balaban J connectivity index is 1.84. The zero-order valence-electron chi connectivity index (χ0n) is 49.2. The number of hydrogen-bond acceptors (Lipinski definition) is 20. The Morgan fingerprint density at radius 3 is 2.22 bits per heavy atom. The van der Waals surface area contributed by atoms with E-state index in [1.54, 1.807) is 37.9 Å². The topological polar surface area (TPSA) is 315 Å². The van der Waals surface area contributed by atoms with Crippen LogP contribution in [0.15, 0.2) is 23.6 Å². The fourth-order valence-electron chi connectivity index (χ4n) is 8.86. The average Bonchev–Trinajstić information content (AvgIpc) is 4.25. The third-order valence-corrected chi connectivity index (χ3v) is 14.4. The molecule has 25 heteroatoms. The van der Waals surface area contributed by atoms with E-state index in [4.69, 9.17) is 44.0 Å². The summed E-state index contributed by atoms with van der Waals surface area (Å²) < 4.78 is 38.7. The van der Waals surface area contributed by atoms with Gasteiger partial charge in [0.2, 0.25) is 17.7 Å². The van der Waals surface area contributed by atoms with Crippen molar-refractivity contribution in [3.05, 3.63) is 39.8 Å². The van der Waals surface area contributed by atoms with E-state index in [-0.39, 0.29) is 132 Å². The molecule has 3 rings (SSSR count). The van der Waals surface area contributed by atoms with Crippen LogP contribution in [0.4, 0.5) is 5.69 Å². The molecule has 1 aliphatic rings. The van der Waals surface area contributed by atoms with Gasteiger partial charge in [0.15, 0.2) is 11.9 Å². The maximum absolute atomic E-state index is 14.4. The second-order valence-corrected chi connectivity index (χ2v) is 21.1. The minimum atomic E-state index is -0.955. The highest BCUT2D eigenvalue weighted by Crippen LogP contribution is 2.32. The lowest BCUT2D eigenvalue weighted by atomic mass is 9.93. The number of carbonyl (C=O) groups is 8. The first kappa shape index (κ1) is 70.2. The highest BCUT2D eigenvalue weighted by Gasteiger charge is 2.38. The molecular formula is C57H88N8O16S. The van der Waals surface area contributed by atoms with Gasteiger partial charge in [0.25, 0.3) is 11.8 Å². The molecule has 7 atom stereocenters. The molecule has 1 aromatic carbocycles. The van der Waals surface area contributed by atoms with Crippen molar-refractivity contribution < 1.29 is 76.6 Å². The number of nitrogens with one attached hydrogen (secondary N) is 4. The van der Waals surface area contributed by atoms with Crippen molar-refractivity contribution in [2.24, 2.45) is 23.5 Å². The normalized spacial score (nSPS) is 15.4. The number of carbonyl (C=O) groups excluding carboxylic acids is 8. The van der Waals surface area contributed by atoms with Crippen molar-refractivity contribution >= 4 is 64.5 Å². The molecule has 1 aromatic heterocycles. The number of aromatic nitrogens is 1. The second-order valence-electron chi connectivity index (χ2n) is 20.2. The number of ether oxygens (including phenoxy) is 7. The molecule has 1 saturated heterocycles. The number of hydrogen-bond donors (Lipinski definition) is 6. The first-order chi connectivity index (χ1) is 39.2. The molecule has 0 bridgehead atoms. The Bertz CT molecular complexity index is 2410. The van der Waals surface area contributed by atoms with Crippen molar-refractivity contribution in [1.82, 2.24) is 30.7 Å². The lowest BCUT2D eigenvalue weighted by Crippen LogP contribution is -2.56. The summed E-state index contributed by atoms with van der Waals surface area (Å²) in [5, 5.41) is 21.9. The molecule has 458 valence electrons. The summed E-state index contributed by atoms with van der Waals surface area (Å²) >= 11 is 1.11. The van der Waals surface area contributed by atoms with Crippen LogP contribution < -0.4 is 31.7 Å². The Morgan fingerprint density at radius 1 is 0.915 bits per heavy atom. The van der Waals surface area contributed by atoms with Gasteiger partial charge in [-0.15, -0.1) is 11.3 Å². The molecule has 7 N–H and O–H groups in total. The van der Waals surface area contributed by atoms with E-state index in [1.165, 1.54) is 18.4 Å². The lowest BCUT2D eigenvalue weighted by Gasteiger charge is -2.37. The summed E-state index contributed by atoms with van der Waals surface area (Å²) in [5.41, 5.74) is 6.21. The van der Waals surface area contributed by atoms with Crippen LogP contribution in [0.5, 0.6) is 5.75 Å². The van der Waals surface area contributed by atoms with E-state index in [9.17, 15) is 38.4 Å². The SMILES string of the molecule is CCOC(=O)C(C)CC(Cc1ccc(OC(=O)CCOCCOCCNC(=O)C#CCO)c(NC(=O)CCOCCOCCN)c1)NC(=O)c1csc(C(CC(C(C)C)N(C)C(=O)[C@H](NC(=O)C2CCCN2C)[C@@H](C)CC)OC(C)=O)n1. The predicted octanol–water partition coefficient (Wildman–Crippen LogP) is 2.94. The molecule has 0 radical (unpaired) electrons. The predicted molar refractivity (Wildman–Crippen MR) is 305 cm³/mol. The van der Waals surface area contributed by atoms with Gasteiger partial charge in [-0.25, -0.2) is 4.98 Å². The minimum absolute atomic E-state index is 0.0108. The first-order valence-corrected chi connectivity index (χ1v) is 29.0. The largest absolute Gasteiger partial charge is 0.466 e. The highest BCUT2D eigenvalue weighted by atomic mass is 32.1. The zero-order chi connectivity index (χ0) is 60.6. The van der Waals surface area contributed by atoms with E-state index in [1.807, 2.05) is 39.6 Å². The van der Waals surface area contributed by atoms with Gasteiger partial charge in [0.1, 0.15) is 23.4 Å². The fourth-order valence-corrected chi connectivity index (χ4v) is 9.70. The number of nitrogens with zero attached hydrogens (tertiary/aromatic N) is 3. The van der Waals surface area contributed by atoms with Gasteiger partial charge in [-0.1, -0.05) is 53.0 Å². The molecule has 2 aromatic rings. The Hall–Kier alpha value is -6.11. The number of likely N-dealkylation sites (N-methyl/N-ethyl adjacent to an activating group) is 2. The Kier molecular flexibility index (Phi) is 33.0. The van der Waals surface area contributed by atoms with Crippen LogP contribution in [0.1, 0.15) is 121 Å². The van der Waals surface area contributed by atoms with Crippen molar-refractivity contribution in [3.8, 4) is 17.6 Å². The number of amides is 5. The van der Waals surface area contributed by atoms with Gasteiger partial charge in [0, 0.05) is 50.9 Å². The maximum Gasteiger partial charge on any atom is 0.313 e. The molecule has 82 heavy (non-hydrogen) atoms. The molecule has 5 unspecified atom stereocenters.